The highest BCUT2D eigenvalue weighted by atomic mass is 16.2. The maximum atomic E-state index is 12.5. The molecule has 2 aliphatic rings. The zero-order chi connectivity index (χ0) is 14.2. The Labute approximate surface area is 124 Å². The minimum Gasteiger partial charge on any atom is -0.320 e. The molecule has 0 aromatic heterocycles. The quantitative estimate of drug-likeness (QED) is 0.844. The van der Waals surface area contributed by atoms with Crippen molar-refractivity contribution in [3.05, 3.63) is 42.5 Å². The fourth-order valence-electron chi connectivity index (χ4n) is 3.56. The lowest BCUT2D eigenvalue weighted by molar-refractivity contribution is 0.206. The lowest BCUT2D eigenvalue weighted by atomic mass is 10.1. The van der Waals surface area contributed by atoms with Gasteiger partial charge >= 0.3 is 6.03 Å². The highest BCUT2D eigenvalue weighted by Crippen LogP contribution is 2.28. The van der Waals surface area contributed by atoms with Gasteiger partial charge in [0, 0.05) is 31.4 Å². The summed E-state index contributed by atoms with van der Waals surface area (Å²) in [7, 11) is 0. The number of urea groups is 1. The van der Waals surface area contributed by atoms with Crippen LogP contribution < -0.4 is 10.6 Å². The first-order valence-electron chi connectivity index (χ1n) is 7.58. The summed E-state index contributed by atoms with van der Waals surface area (Å²) in [6.45, 7) is 2.84. The van der Waals surface area contributed by atoms with E-state index in [1.807, 2.05) is 29.2 Å². The van der Waals surface area contributed by atoms with Crippen molar-refractivity contribution >= 4 is 22.5 Å². The molecule has 2 N–H and O–H groups in total. The van der Waals surface area contributed by atoms with Crippen LogP contribution in [-0.4, -0.2) is 36.6 Å². The smallest absolute Gasteiger partial charge is 0.320 e. The van der Waals surface area contributed by atoms with Crippen LogP contribution >= 0.6 is 0 Å². The number of fused-ring (bicyclic) bond motifs is 2. The van der Waals surface area contributed by atoms with Gasteiger partial charge in [0.2, 0.25) is 0 Å². The van der Waals surface area contributed by atoms with E-state index in [9.17, 15) is 4.79 Å². The first kappa shape index (κ1) is 12.7. The summed E-state index contributed by atoms with van der Waals surface area (Å²) in [5.41, 5.74) is 0.869. The largest absolute Gasteiger partial charge is 0.322 e. The first-order valence-corrected chi connectivity index (χ1v) is 7.58. The Kier molecular flexibility index (Phi) is 3.04. The Bertz CT molecular complexity index is 685. The number of benzene rings is 2. The number of hydrogen-bond donors (Lipinski definition) is 2. The van der Waals surface area contributed by atoms with Crippen molar-refractivity contribution in [1.29, 1.82) is 0 Å². The maximum Gasteiger partial charge on any atom is 0.322 e. The number of nitrogens with zero attached hydrogens (tertiary/aromatic N) is 1. The molecule has 0 spiro atoms. The highest BCUT2D eigenvalue weighted by Gasteiger charge is 2.39. The average molecular weight is 281 g/mol. The molecule has 0 bridgehead atoms. The summed E-state index contributed by atoms with van der Waals surface area (Å²) in [5, 5.41) is 8.76. The molecule has 2 aliphatic heterocycles. The molecule has 0 radical (unpaired) electrons. The molecule has 2 amide bonds. The predicted octanol–water partition coefficient (Wildman–Crippen LogP) is 2.67. The second-order valence-corrected chi connectivity index (χ2v) is 5.96. The minimum absolute atomic E-state index is 0.0291. The summed E-state index contributed by atoms with van der Waals surface area (Å²) in [4.78, 5) is 14.5. The molecule has 2 fully saturated rings. The van der Waals surface area contributed by atoms with Crippen molar-refractivity contribution < 1.29 is 4.79 Å². The van der Waals surface area contributed by atoms with E-state index >= 15 is 0 Å². The van der Waals surface area contributed by atoms with Gasteiger partial charge in [0.15, 0.2) is 0 Å². The molecular formula is C17H19N3O. The van der Waals surface area contributed by atoms with Crippen molar-refractivity contribution in [2.45, 2.75) is 12.5 Å². The third-order valence-corrected chi connectivity index (χ3v) is 4.71. The highest BCUT2D eigenvalue weighted by molar-refractivity contribution is 5.93. The van der Waals surface area contributed by atoms with Crippen molar-refractivity contribution in [2.24, 2.45) is 5.92 Å². The van der Waals surface area contributed by atoms with Crippen LogP contribution in [0.15, 0.2) is 42.5 Å². The Balaban J connectivity index is 1.52. The van der Waals surface area contributed by atoms with Crippen molar-refractivity contribution in [1.82, 2.24) is 10.2 Å². The summed E-state index contributed by atoms with van der Waals surface area (Å²) >= 11 is 0. The summed E-state index contributed by atoms with van der Waals surface area (Å²) < 4.78 is 0. The third kappa shape index (κ3) is 2.25. The lowest BCUT2D eigenvalue weighted by Crippen LogP contribution is -2.41. The Morgan fingerprint density at radius 3 is 2.90 bits per heavy atom. The summed E-state index contributed by atoms with van der Waals surface area (Å²) in [6.07, 6.45) is 1.11. The topological polar surface area (TPSA) is 44.4 Å². The zero-order valence-corrected chi connectivity index (χ0v) is 11.9. The van der Waals surface area contributed by atoms with Crippen LogP contribution in [0.5, 0.6) is 0 Å². The molecule has 2 heterocycles. The van der Waals surface area contributed by atoms with Crippen LogP contribution in [0, 0.1) is 5.92 Å². The summed E-state index contributed by atoms with van der Waals surface area (Å²) in [6, 6.07) is 14.6. The van der Waals surface area contributed by atoms with E-state index in [0.717, 1.165) is 37.1 Å². The fraction of sp³-hybridized carbons (Fsp3) is 0.353. The average Bonchev–Trinajstić information content (AvgIpc) is 3.09. The zero-order valence-electron chi connectivity index (χ0n) is 11.9. The number of rotatable bonds is 1. The third-order valence-electron chi connectivity index (χ3n) is 4.71. The number of carbonyl (C=O) groups excluding carboxylic acids is 1. The van der Waals surface area contributed by atoms with Gasteiger partial charge in [-0.1, -0.05) is 30.3 Å². The summed E-state index contributed by atoms with van der Waals surface area (Å²) in [5.74, 6) is 0.632. The number of hydrogen-bond acceptors (Lipinski definition) is 2. The Hall–Kier alpha value is -2.07. The van der Waals surface area contributed by atoms with E-state index < -0.39 is 0 Å². The van der Waals surface area contributed by atoms with E-state index in [0.29, 0.717) is 12.0 Å². The van der Waals surface area contributed by atoms with Crippen LogP contribution in [0.2, 0.25) is 0 Å². The molecule has 2 saturated heterocycles. The van der Waals surface area contributed by atoms with Crippen molar-refractivity contribution in [2.75, 3.05) is 25.0 Å². The normalized spacial score (nSPS) is 24.3. The standard InChI is InChI=1S/C17H19N3O/c21-17(20-8-7-14-10-18-11-16(14)20)19-15-6-5-12-3-1-2-4-13(12)9-15/h1-6,9,14,16,18H,7-8,10-11H2,(H,19,21)/t14-,16+/m0/s1. The first-order chi connectivity index (χ1) is 10.3. The number of nitrogens with one attached hydrogen (secondary N) is 2. The van der Waals surface area contributed by atoms with Gasteiger partial charge in [0.25, 0.3) is 0 Å². The molecule has 4 nitrogen and oxygen atoms in total. The van der Waals surface area contributed by atoms with Gasteiger partial charge in [-0.25, -0.2) is 4.79 Å². The maximum absolute atomic E-state index is 12.5. The number of anilines is 1. The van der Waals surface area contributed by atoms with Crippen molar-refractivity contribution in [3.8, 4) is 0 Å². The molecular weight excluding hydrogens is 262 g/mol. The van der Waals surface area contributed by atoms with E-state index in [4.69, 9.17) is 0 Å². The molecule has 2 aromatic rings. The van der Waals surface area contributed by atoms with Gasteiger partial charge in [0.1, 0.15) is 0 Å². The molecule has 2 atom stereocenters. The molecule has 0 unspecified atom stereocenters. The predicted molar refractivity (Wildman–Crippen MR) is 84.4 cm³/mol. The van der Waals surface area contributed by atoms with Crippen LogP contribution in [0.4, 0.5) is 10.5 Å². The second-order valence-electron chi connectivity index (χ2n) is 5.96. The van der Waals surface area contributed by atoms with E-state index in [1.54, 1.807) is 0 Å². The minimum atomic E-state index is 0.0291. The number of amides is 2. The van der Waals surface area contributed by atoms with E-state index in [1.165, 1.54) is 5.39 Å². The molecule has 2 aromatic carbocycles. The Morgan fingerprint density at radius 1 is 1.14 bits per heavy atom. The van der Waals surface area contributed by atoms with Gasteiger partial charge in [-0.05, 0) is 35.2 Å². The SMILES string of the molecule is O=C(Nc1ccc2ccccc2c1)N1CC[C@H]2CNC[C@H]21. The van der Waals surface area contributed by atoms with Crippen LogP contribution in [0.1, 0.15) is 6.42 Å². The van der Waals surface area contributed by atoms with Crippen LogP contribution in [0.3, 0.4) is 0 Å². The molecule has 4 rings (SSSR count). The number of likely N-dealkylation sites (tertiary alicyclic amines) is 1. The van der Waals surface area contributed by atoms with Gasteiger partial charge in [-0.2, -0.15) is 0 Å². The van der Waals surface area contributed by atoms with Gasteiger partial charge < -0.3 is 15.5 Å². The lowest BCUT2D eigenvalue weighted by Gasteiger charge is -2.23. The molecule has 4 heteroatoms. The molecule has 21 heavy (non-hydrogen) atoms. The van der Waals surface area contributed by atoms with Gasteiger partial charge in [-0.3, -0.25) is 0 Å². The molecule has 0 aliphatic carbocycles. The van der Waals surface area contributed by atoms with E-state index in [-0.39, 0.29) is 6.03 Å². The molecule has 0 saturated carbocycles. The van der Waals surface area contributed by atoms with Gasteiger partial charge in [-0.15, -0.1) is 0 Å². The Morgan fingerprint density at radius 2 is 2.00 bits per heavy atom. The van der Waals surface area contributed by atoms with Gasteiger partial charge in [0.05, 0.1) is 0 Å². The van der Waals surface area contributed by atoms with Crippen molar-refractivity contribution in [3.63, 3.8) is 0 Å². The fourth-order valence-corrected chi connectivity index (χ4v) is 3.56. The van der Waals surface area contributed by atoms with Crippen LogP contribution in [-0.2, 0) is 0 Å². The second kappa shape index (κ2) is 5.04. The molecule has 108 valence electrons. The van der Waals surface area contributed by atoms with E-state index in [2.05, 4.69) is 28.8 Å². The number of carbonyl (C=O) groups is 1. The monoisotopic (exact) mass is 281 g/mol. The van der Waals surface area contributed by atoms with Crippen LogP contribution in [0.25, 0.3) is 10.8 Å².